The number of methoxy groups -OCH3 is 1. The normalized spacial score (nSPS) is 10.6. The van der Waals surface area contributed by atoms with Crippen molar-refractivity contribution in [3.63, 3.8) is 0 Å². The number of amides is 1. The summed E-state index contributed by atoms with van der Waals surface area (Å²) in [5.41, 5.74) is 1.41. The van der Waals surface area contributed by atoms with Crippen LogP contribution < -0.4 is 15.6 Å². The number of pyridine rings is 1. The molecule has 5 nitrogen and oxygen atoms in total. The van der Waals surface area contributed by atoms with E-state index in [-0.39, 0.29) is 17.9 Å². The zero-order valence-corrected chi connectivity index (χ0v) is 13.6. The van der Waals surface area contributed by atoms with Crippen LogP contribution in [0.3, 0.4) is 0 Å². The second kappa shape index (κ2) is 6.58. The zero-order valence-electron chi connectivity index (χ0n) is 13.6. The van der Waals surface area contributed by atoms with Crippen molar-refractivity contribution >= 4 is 22.4 Å². The summed E-state index contributed by atoms with van der Waals surface area (Å²) < 4.78 is 6.69. The van der Waals surface area contributed by atoms with Crippen LogP contribution in [0.15, 0.2) is 59.5 Å². The van der Waals surface area contributed by atoms with Crippen molar-refractivity contribution in [3.05, 3.63) is 70.6 Å². The Hall–Kier alpha value is -3.08. The fourth-order valence-corrected chi connectivity index (χ4v) is 2.65. The molecule has 1 amide bonds. The third kappa shape index (κ3) is 3.15. The summed E-state index contributed by atoms with van der Waals surface area (Å²) in [7, 11) is 3.30. The summed E-state index contributed by atoms with van der Waals surface area (Å²) >= 11 is 0. The molecule has 0 unspecified atom stereocenters. The molecule has 0 aliphatic heterocycles. The Morgan fingerprint density at radius 2 is 1.92 bits per heavy atom. The molecule has 3 rings (SSSR count). The molecular formula is C19H18N2O3. The molecule has 0 spiro atoms. The number of benzene rings is 2. The Morgan fingerprint density at radius 1 is 1.12 bits per heavy atom. The molecule has 24 heavy (non-hydrogen) atoms. The molecule has 0 fully saturated rings. The van der Waals surface area contributed by atoms with Gasteiger partial charge in [0.25, 0.3) is 5.56 Å². The number of anilines is 1. The first-order valence-electron chi connectivity index (χ1n) is 7.59. The number of carbonyl (C=O) groups is 1. The Bertz CT molecular complexity index is 960. The maximum atomic E-state index is 12.3. The van der Waals surface area contributed by atoms with Gasteiger partial charge in [0.2, 0.25) is 5.91 Å². The number of rotatable bonds is 4. The number of aromatic nitrogens is 1. The topological polar surface area (TPSA) is 60.3 Å². The van der Waals surface area contributed by atoms with E-state index in [2.05, 4.69) is 5.32 Å². The number of hydrogen-bond donors (Lipinski definition) is 1. The highest BCUT2D eigenvalue weighted by atomic mass is 16.5. The van der Waals surface area contributed by atoms with Crippen LogP contribution in [0.1, 0.15) is 5.56 Å². The number of hydrogen-bond acceptors (Lipinski definition) is 3. The van der Waals surface area contributed by atoms with Crippen molar-refractivity contribution in [1.82, 2.24) is 4.57 Å². The first-order valence-corrected chi connectivity index (χ1v) is 7.59. The molecule has 122 valence electrons. The maximum absolute atomic E-state index is 12.3. The molecule has 0 bridgehead atoms. The Labute approximate surface area is 139 Å². The van der Waals surface area contributed by atoms with Gasteiger partial charge in [-0.2, -0.15) is 0 Å². The van der Waals surface area contributed by atoms with Gasteiger partial charge >= 0.3 is 0 Å². The first-order chi connectivity index (χ1) is 11.6. The van der Waals surface area contributed by atoms with E-state index in [0.717, 1.165) is 10.9 Å². The van der Waals surface area contributed by atoms with Crippen molar-refractivity contribution < 1.29 is 9.53 Å². The van der Waals surface area contributed by atoms with Gasteiger partial charge in [-0.1, -0.05) is 18.2 Å². The molecule has 5 heteroatoms. The van der Waals surface area contributed by atoms with Crippen molar-refractivity contribution in [2.45, 2.75) is 6.42 Å². The fourth-order valence-electron chi connectivity index (χ4n) is 2.65. The van der Waals surface area contributed by atoms with Crippen LogP contribution in [-0.2, 0) is 18.3 Å². The summed E-state index contributed by atoms with van der Waals surface area (Å²) in [6.45, 7) is 0. The Morgan fingerprint density at radius 3 is 2.71 bits per heavy atom. The summed E-state index contributed by atoms with van der Waals surface area (Å²) in [5, 5.41) is 4.21. The highest BCUT2D eigenvalue weighted by Crippen LogP contribution is 2.21. The van der Waals surface area contributed by atoms with Gasteiger partial charge < -0.3 is 14.6 Å². The average molecular weight is 322 g/mol. The van der Waals surface area contributed by atoms with Crippen LogP contribution in [0.25, 0.3) is 10.8 Å². The van der Waals surface area contributed by atoms with Crippen LogP contribution in [0, 0.1) is 0 Å². The number of ether oxygens (including phenoxy) is 1. The highest BCUT2D eigenvalue weighted by Gasteiger charge is 2.09. The standard InChI is InChI=1S/C19H18N2O3/c1-21-10-9-15-16(19(21)23)7-4-8-17(15)20-18(22)12-13-5-3-6-14(11-13)24-2/h3-11H,12H2,1-2H3,(H,20,22). The monoisotopic (exact) mass is 322 g/mol. The van der Waals surface area contributed by atoms with Gasteiger partial charge in [-0.05, 0) is 35.9 Å². The third-order valence-electron chi connectivity index (χ3n) is 3.89. The lowest BCUT2D eigenvalue weighted by Gasteiger charge is -2.10. The number of fused-ring (bicyclic) bond motifs is 1. The van der Waals surface area contributed by atoms with Crippen LogP contribution in [0.5, 0.6) is 5.75 Å². The van der Waals surface area contributed by atoms with Crippen LogP contribution in [-0.4, -0.2) is 17.6 Å². The molecule has 1 aromatic heterocycles. The first kappa shape index (κ1) is 15.8. The van der Waals surface area contributed by atoms with E-state index in [4.69, 9.17) is 4.74 Å². The lowest BCUT2D eigenvalue weighted by atomic mass is 10.1. The van der Waals surface area contributed by atoms with Crippen molar-refractivity contribution in [2.75, 3.05) is 12.4 Å². The lowest BCUT2D eigenvalue weighted by molar-refractivity contribution is -0.115. The van der Waals surface area contributed by atoms with Crippen molar-refractivity contribution in [1.29, 1.82) is 0 Å². The van der Waals surface area contributed by atoms with E-state index in [1.807, 2.05) is 30.3 Å². The Kier molecular flexibility index (Phi) is 4.33. The van der Waals surface area contributed by atoms with E-state index >= 15 is 0 Å². The molecule has 0 saturated carbocycles. The van der Waals surface area contributed by atoms with Crippen LogP contribution >= 0.6 is 0 Å². The molecule has 1 heterocycles. The van der Waals surface area contributed by atoms with Crippen molar-refractivity contribution in [3.8, 4) is 5.75 Å². The molecule has 0 aliphatic rings. The number of nitrogens with zero attached hydrogens (tertiary/aromatic N) is 1. The Balaban J connectivity index is 1.85. The minimum Gasteiger partial charge on any atom is -0.497 e. The average Bonchev–Trinajstić information content (AvgIpc) is 2.58. The predicted molar refractivity (Wildman–Crippen MR) is 94.5 cm³/mol. The smallest absolute Gasteiger partial charge is 0.258 e. The molecule has 3 aromatic rings. The van der Waals surface area contributed by atoms with Gasteiger partial charge in [0.05, 0.1) is 13.5 Å². The van der Waals surface area contributed by atoms with E-state index in [1.54, 1.807) is 38.6 Å². The summed E-state index contributed by atoms with van der Waals surface area (Å²) in [5.74, 6) is 0.574. The number of aryl methyl sites for hydroxylation is 1. The second-order valence-electron chi connectivity index (χ2n) is 5.58. The maximum Gasteiger partial charge on any atom is 0.258 e. The van der Waals surface area contributed by atoms with E-state index < -0.39 is 0 Å². The zero-order chi connectivity index (χ0) is 17.1. The van der Waals surface area contributed by atoms with E-state index in [9.17, 15) is 9.59 Å². The van der Waals surface area contributed by atoms with E-state index in [0.29, 0.717) is 16.8 Å². The van der Waals surface area contributed by atoms with Crippen LogP contribution in [0.2, 0.25) is 0 Å². The SMILES string of the molecule is COc1cccc(CC(=O)Nc2cccc3c(=O)n(C)ccc23)c1. The fraction of sp³-hybridized carbons (Fsp3) is 0.158. The third-order valence-corrected chi connectivity index (χ3v) is 3.89. The minimum absolute atomic E-state index is 0.0867. The molecule has 0 radical (unpaired) electrons. The summed E-state index contributed by atoms with van der Waals surface area (Å²) in [6.07, 6.45) is 1.93. The predicted octanol–water partition coefficient (Wildman–Crippen LogP) is 2.73. The quantitative estimate of drug-likeness (QED) is 0.803. The highest BCUT2D eigenvalue weighted by molar-refractivity contribution is 6.02. The molecule has 0 aliphatic carbocycles. The lowest BCUT2D eigenvalue weighted by Crippen LogP contribution is -2.18. The largest absolute Gasteiger partial charge is 0.497 e. The summed E-state index contributed by atoms with van der Waals surface area (Å²) in [4.78, 5) is 24.5. The molecule has 2 aromatic carbocycles. The van der Waals surface area contributed by atoms with Crippen LogP contribution in [0.4, 0.5) is 5.69 Å². The molecule has 1 N–H and O–H groups in total. The molecule has 0 saturated heterocycles. The van der Waals surface area contributed by atoms with Gasteiger partial charge in [-0.25, -0.2) is 0 Å². The molecule has 0 atom stereocenters. The van der Waals surface area contributed by atoms with Gasteiger partial charge in [-0.15, -0.1) is 0 Å². The summed E-state index contributed by atoms with van der Waals surface area (Å²) in [6, 6.07) is 14.5. The van der Waals surface area contributed by atoms with Crippen molar-refractivity contribution in [2.24, 2.45) is 7.05 Å². The van der Waals surface area contributed by atoms with Gasteiger partial charge in [0, 0.05) is 29.7 Å². The number of nitrogens with one attached hydrogen (secondary N) is 1. The van der Waals surface area contributed by atoms with Gasteiger partial charge in [-0.3, -0.25) is 9.59 Å². The van der Waals surface area contributed by atoms with E-state index in [1.165, 1.54) is 4.57 Å². The number of carbonyl (C=O) groups excluding carboxylic acids is 1. The minimum atomic E-state index is -0.142. The van der Waals surface area contributed by atoms with Gasteiger partial charge in [0.1, 0.15) is 5.75 Å². The van der Waals surface area contributed by atoms with Gasteiger partial charge in [0.15, 0.2) is 0 Å². The molecular weight excluding hydrogens is 304 g/mol. The second-order valence-corrected chi connectivity index (χ2v) is 5.58.